The van der Waals surface area contributed by atoms with Gasteiger partial charge in [0, 0.05) is 16.7 Å². The fourth-order valence-corrected chi connectivity index (χ4v) is 3.98. The van der Waals surface area contributed by atoms with Crippen LogP contribution in [0.25, 0.3) is 4.91 Å². The van der Waals surface area contributed by atoms with E-state index in [-0.39, 0.29) is 21.1 Å². The summed E-state index contributed by atoms with van der Waals surface area (Å²) in [6, 6.07) is 12.8. The summed E-state index contributed by atoms with van der Waals surface area (Å²) in [5.74, 6) is -0.351. The normalized spacial score (nSPS) is 16.4. The van der Waals surface area contributed by atoms with Crippen LogP contribution in [-0.4, -0.2) is 14.2 Å². The molecular weight excluding hydrogens is 296 g/mol. The Morgan fingerprint density at radius 2 is 1.65 bits per heavy atom. The summed E-state index contributed by atoms with van der Waals surface area (Å²) in [4.78, 5) is 12.1. The predicted octanol–water partition coefficient (Wildman–Crippen LogP) is 3.35. The maximum Gasteiger partial charge on any atom is 0.208 e. The first-order valence-electron chi connectivity index (χ1n) is 5.86. The number of fused-ring (bicyclic) bond motifs is 1. The topological polar surface area (TPSA) is 51.2 Å². The van der Waals surface area contributed by atoms with E-state index in [2.05, 4.69) is 0 Å². The molecule has 0 aromatic heterocycles. The van der Waals surface area contributed by atoms with Crippen molar-refractivity contribution in [2.45, 2.75) is 4.90 Å². The second kappa shape index (κ2) is 4.58. The molecule has 0 bridgehead atoms. The van der Waals surface area contributed by atoms with Crippen molar-refractivity contribution in [2.75, 3.05) is 0 Å². The van der Waals surface area contributed by atoms with Gasteiger partial charge in [0.25, 0.3) is 0 Å². The van der Waals surface area contributed by atoms with Crippen LogP contribution in [0.3, 0.4) is 0 Å². The standard InChI is InChI=1S/C15H9ClO3S/c16-11-6-7-14-12(8-11)13(17)9-15(20(14,18)19)10-4-2-1-3-5-10/h1-9H. The molecule has 0 atom stereocenters. The Morgan fingerprint density at radius 3 is 2.35 bits per heavy atom. The zero-order valence-corrected chi connectivity index (χ0v) is 11.8. The molecule has 0 unspecified atom stereocenters. The van der Waals surface area contributed by atoms with Gasteiger partial charge >= 0.3 is 0 Å². The molecule has 0 radical (unpaired) electrons. The highest BCUT2D eigenvalue weighted by atomic mass is 35.5. The average Bonchev–Trinajstić information content (AvgIpc) is 2.43. The minimum absolute atomic E-state index is 0.00764. The highest BCUT2D eigenvalue weighted by Gasteiger charge is 2.32. The summed E-state index contributed by atoms with van der Waals surface area (Å²) in [6.07, 6.45) is 1.16. The second-order valence-electron chi connectivity index (χ2n) is 4.38. The van der Waals surface area contributed by atoms with E-state index < -0.39 is 9.84 Å². The second-order valence-corrected chi connectivity index (χ2v) is 6.71. The van der Waals surface area contributed by atoms with Gasteiger partial charge in [-0.2, -0.15) is 0 Å². The van der Waals surface area contributed by atoms with Crippen LogP contribution in [0, 0.1) is 0 Å². The highest BCUT2D eigenvalue weighted by Crippen LogP contribution is 2.35. The molecule has 1 aliphatic rings. The van der Waals surface area contributed by atoms with E-state index in [0.717, 1.165) is 6.08 Å². The van der Waals surface area contributed by atoms with Crippen molar-refractivity contribution in [3.8, 4) is 0 Å². The Hall–Kier alpha value is -1.91. The lowest BCUT2D eigenvalue weighted by Crippen LogP contribution is -2.16. The summed E-state index contributed by atoms with van der Waals surface area (Å²) < 4.78 is 25.2. The molecule has 5 heteroatoms. The molecule has 0 N–H and O–H groups in total. The number of rotatable bonds is 1. The van der Waals surface area contributed by atoms with Crippen LogP contribution in [0.5, 0.6) is 0 Å². The van der Waals surface area contributed by atoms with Crippen molar-refractivity contribution in [3.05, 3.63) is 70.8 Å². The molecule has 0 saturated heterocycles. The fraction of sp³-hybridized carbons (Fsp3) is 0. The van der Waals surface area contributed by atoms with Crippen LogP contribution in [0.1, 0.15) is 15.9 Å². The Balaban J connectivity index is 2.28. The van der Waals surface area contributed by atoms with Crippen LogP contribution < -0.4 is 0 Å². The first kappa shape index (κ1) is 13.1. The van der Waals surface area contributed by atoms with Gasteiger partial charge in [0.2, 0.25) is 9.84 Å². The minimum Gasteiger partial charge on any atom is -0.289 e. The number of halogens is 1. The highest BCUT2D eigenvalue weighted by molar-refractivity contribution is 8.00. The molecule has 2 aromatic carbocycles. The van der Waals surface area contributed by atoms with E-state index in [9.17, 15) is 13.2 Å². The molecule has 0 fully saturated rings. The lowest BCUT2D eigenvalue weighted by atomic mass is 10.1. The van der Waals surface area contributed by atoms with E-state index in [4.69, 9.17) is 11.6 Å². The number of allylic oxidation sites excluding steroid dienone is 1. The van der Waals surface area contributed by atoms with Gasteiger partial charge < -0.3 is 0 Å². The van der Waals surface area contributed by atoms with Gasteiger partial charge in [0.05, 0.1) is 9.80 Å². The third-order valence-corrected chi connectivity index (χ3v) is 5.21. The first-order valence-corrected chi connectivity index (χ1v) is 7.72. The number of sulfone groups is 1. The summed E-state index contributed by atoms with van der Waals surface area (Å²) in [5.41, 5.74) is 0.624. The van der Waals surface area contributed by atoms with E-state index in [1.54, 1.807) is 30.3 Å². The van der Waals surface area contributed by atoms with Crippen LogP contribution in [0.2, 0.25) is 5.02 Å². The van der Waals surface area contributed by atoms with Gasteiger partial charge in [0.1, 0.15) is 0 Å². The molecule has 3 nitrogen and oxygen atoms in total. The van der Waals surface area contributed by atoms with Gasteiger partial charge in [0.15, 0.2) is 5.78 Å². The molecule has 20 heavy (non-hydrogen) atoms. The Morgan fingerprint density at radius 1 is 0.950 bits per heavy atom. The molecule has 2 aromatic rings. The fourth-order valence-electron chi connectivity index (χ4n) is 2.16. The monoisotopic (exact) mass is 304 g/mol. The molecule has 3 rings (SSSR count). The predicted molar refractivity (Wildman–Crippen MR) is 77.4 cm³/mol. The van der Waals surface area contributed by atoms with Crippen molar-refractivity contribution in [1.29, 1.82) is 0 Å². The molecule has 0 saturated carbocycles. The van der Waals surface area contributed by atoms with Crippen LogP contribution in [0.4, 0.5) is 0 Å². The summed E-state index contributed by atoms with van der Waals surface area (Å²) >= 11 is 5.82. The first-order chi connectivity index (χ1) is 9.50. The lowest BCUT2D eigenvalue weighted by molar-refractivity contribution is 0.104. The minimum atomic E-state index is -3.70. The average molecular weight is 305 g/mol. The summed E-state index contributed by atoms with van der Waals surface area (Å²) in [7, 11) is -3.70. The molecule has 0 spiro atoms. The third kappa shape index (κ3) is 1.97. The summed E-state index contributed by atoms with van der Waals surface area (Å²) in [6.45, 7) is 0. The van der Waals surface area contributed by atoms with Gasteiger partial charge in [-0.05, 0) is 23.8 Å². The van der Waals surface area contributed by atoms with Crippen LogP contribution >= 0.6 is 11.6 Å². The summed E-state index contributed by atoms with van der Waals surface area (Å²) in [5, 5.41) is 0.337. The number of carbonyl (C=O) groups excluding carboxylic acids is 1. The number of hydrogen-bond acceptors (Lipinski definition) is 3. The van der Waals surface area contributed by atoms with Gasteiger partial charge in [-0.15, -0.1) is 0 Å². The number of carbonyl (C=O) groups is 1. The molecule has 0 aliphatic carbocycles. The van der Waals surface area contributed by atoms with Gasteiger partial charge in [-0.25, -0.2) is 8.42 Å². The van der Waals surface area contributed by atoms with Crippen molar-refractivity contribution < 1.29 is 13.2 Å². The Labute approximate surface area is 121 Å². The lowest BCUT2D eigenvalue weighted by Gasteiger charge is -2.17. The van der Waals surface area contributed by atoms with Crippen molar-refractivity contribution in [1.82, 2.24) is 0 Å². The Kier molecular flexibility index (Phi) is 3.00. The largest absolute Gasteiger partial charge is 0.289 e. The molecule has 1 heterocycles. The van der Waals surface area contributed by atoms with E-state index in [1.807, 2.05) is 0 Å². The van der Waals surface area contributed by atoms with Crippen LogP contribution in [-0.2, 0) is 9.84 Å². The zero-order valence-electron chi connectivity index (χ0n) is 10.2. The van der Waals surface area contributed by atoms with E-state index >= 15 is 0 Å². The molecular formula is C15H9ClO3S. The molecule has 100 valence electrons. The zero-order chi connectivity index (χ0) is 14.3. The third-order valence-electron chi connectivity index (χ3n) is 3.11. The quantitative estimate of drug-likeness (QED) is 0.812. The molecule has 1 aliphatic heterocycles. The SMILES string of the molecule is O=C1C=C(c2ccccc2)S(=O)(=O)c2ccc(Cl)cc21. The number of ketones is 1. The van der Waals surface area contributed by atoms with Gasteiger partial charge in [-0.1, -0.05) is 41.9 Å². The van der Waals surface area contributed by atoms with Gasteiger partial charge in [-0.3, -0.25) is 4.79 Å². The van der Waals surface area contributed by atoms with Crippen molar-refractivity contribution in [3.63, 3.8) is 0 Å². The number of benzene rings is 2. The molecule has 0 amide bonds. The maximum absolute atomic E-state index is 12.6. The Bertz CT molecular complexity index is 837. The maximum atomic E-state index is 12.6. The number of hydrogen-bond donors (Lipinski definition) is 0. The van der Waals surface area contributed by atoms with Crippen LogP contribution in [0.15, 0.2) is 59.5 Å². The smallest absolute Gasteiger partial charge is 0.208 e. The van der Waals surface area contributed by atoms with E-state index in [1.165, 1.54) is 18.2 Å². The van der Waals surface area contributed by atoms with E-state index in [0.29, 0.717) is 10.6 Å². The van der Waals surface area contributed by atoms with Crippen molar-refractivity contribution >= 4 is 32.1 Å². The van der Waals surface area contributed by atoms with Crippen molar-refractivity contribution in [2.24, 2.45) is 0 Å².